The van der Waals surface area contributed by atoms with Gasteiger partial charge in [0, 0.05) is 31.5 Å². The van der Waals surface area contributed by atoms with Gasteiger partial charge in [-0.15, -0.1) is 0 Å². The van der Waals surface area contributed by atoms with E-state index in [1.54, 1.807) is 6.20 Å². The molecule has 1 unspecified atom stereocenters. The summed E-state index contributed by atoms with van der Waals surface area (Å²) in [6.45, 7) is 1.66. The average Bonchev–Trinajstić information content (AvgIpc) is 2.84. The molecule has 2 aromatic rings. The minimum Gasteiger partial charge on any atom is -0.378 e. The van der Waals surface area contributed by atoms with Crippen molar-refractivity contribution in [2.24, 2.45) is 0 Å². The number of pyridine rings is 2. The molecule has 0 bridgehead atoms. The van der Waals surface area contributed by atoms with Gasteiger partial charge in [-0.05, 0) is 30.2 Å². The maximum atomic E-state index is 6.06. The van der Waals surface area contributed by atoms with Crippen molar-refractivity contribution in [3.63, 3.8) is 0 Å². The van der Waals surface area contributed by atoms with Crippen LogP contribution in [0.15, 0.2) is 36.7 Å². The van der Waals surface area contributed by atoms with E-state index in [-0.39, 0.29) is 0 Å². The van der Waals surface area contributed by atoms with Crippen LogP contribution in [-0.4, -0.2) is 22.6 Å². The largest absolute Gasteiger partial charge is 0.378 e. The smallest absolute Gasteiger partial charge is 0.152 e. The molecular formula is C14H15ClN4. The molecule has 1 aliphatic rings. The summed E-state index contributed by atoms with van der Waals surface area (Å²) < 4.78 is 0. The van der Waals surface area contributed by atoms with E-state index >= 15 is 0 Å². The van der Waals surface area contributed by atoms with E-state index in [9.17, 15) is 0 Å². The van der Waals surface area contributed by atoms with Crippen molar-refractivity contribution in [2.75, 3.05) is 11.9 Å². The first-order chi connectivity index (χ1) is 9.33. The van der Waals surface area contributed by atoms with Gasteiger partial charge < -0.3 is 10.6 Å². The van der Waals surface area contributed by atoms with Gasteiger partial charge in [-0.2, -0.15) is 0 Å². The predicted octanol–water partition coefficient (Wildman–Crippen LogP) is 2.26. The standard InChI is InChI=1S/C14H15ClN4/c15-14-13-10(4-6-18-14)7-12(19-13)9-16-8-11-3-1-2-5-17-11/h1-6,12,16,19H,7-9H2. The monoisotopic (exact) mass is 274 g/mol. The van der Waals surface area contributed by atoms with Crippen LogP contribution in [0.2, 0.25) is 5.15 Å². The Morgan fingerprint density at radius 1 is 1.26 bits per heavy atom. The number of fused-ring (bicyclic) bond motifs is 1. The number of hydrogen-bond donors (Lipinski definition) is 2. The molecule has 1 atom stereocenters. The third kappa shape index (κ3) is 2.85. The van der Waals surface area contributed by atoms with E-state index in [4.69, 9.17) is 11.6 Å². The van der Waals surface area contributed by atoms with E-state index in [1.807, 2.05) is 30.5 Å². The maximum absolute atomic E-state index is 6.06. The van der Waals surface area contributed by atoms with Crippen LogP contribution in [0.4, 0.5) is 5.69 Å². The zero-order valence-corrected chi connectivity index (χ0v) is 11.2. The molecule has 0 aromatic carbocycles. The molecule has 0 amide bonds. The average molecular weight is 275 g/mol. The van der Waals surface area contributed by atoms with Crippen LogP contribution in [0.5, 0.6) is 0 Å². The molecule has 0 spiro atoms. The summed E-state index contributed by atoms with van der Waals surface area (Å²) >= 11 is 6.06. The molecule has 0 aliphatic carbocycles. The van der Waals surface area contributed by atoms with Crippen molar-refractivity contribution in [2.45, 2.75) is 19.0 Å². The number of nitrogens with one attached hydrogen (secondary N) is 2. The van der Waals surface area contributed by atoms with Gasteiger partial charge in [0.05, 0.1) is 11.4 Å². The Morgan fingerprint density at radius 2 is 2.21 bits per heavy atom. The SMILES string of the molecule is Clc1nccc2c1NC(CNCc1ccccn1)C2. The van der Waals surface area contributed by atoms with E-state index in [1.165, 1.54) is 5.56 Å². The molecule has 0 radical (unpaired) electrons. The van der Waals surface area contributed by atoms with Gasteiger partial charge in [0.25, 0.3) is 0 Å². The highest BCUT2D eigenvalue weighted by molar-refractivity contribution is 6.32. The second-order valence-corrected chi connectivity index (χ2v) is 4.99. The van der Waals surface area contributed by atoms with Crippen LogP contribution in [-0.2, 0) is 13.0 Å². The third-order valence-corrected chi connectivity index (χ3v) is 3.52. The molecule has 0 saturated heterocycles. The highest BCUT2D eigenvalue weighted by atomic mass is 35.5. The number of nitrogens with zero attached hydrogens (tertiary/aromatic N) is 2. The summed E-state index contributed by atoms with van der Waals surface area (Å²) in [6.07, 6.45) is 4.55. The van der Waals surface area contributed by atoms with Crippen molar-refractivity contribution >= 4 is 17.3 Å². The Kier molecular flexibility index (Phi) is 3.62. The molecule has 98 valence electrons. The van der Waals surface area contributed by atoms with Gasteiger partial charge in [-0.1, -0.05) is 17.7 Å². The van der Waals surface area contributed by atoms with Crippen molar-refractivity contribution in [3.05, 3.63) is 53.1 Å². The normalized spacial score (nSPS) is 17.0. The van der Waals surface area contributed by atoms with Crippen LogP contribution >= 0.6 is 11.6 Å². The fourth-order valence-electron chi connectivity index (χ4n) is 2.32. The Labute approximate surface area is 117 Å². The summed E-state index contributed by atoms with van der Waals surface area (Å²) in [5.41, 5.74) is 3.27. The second-order valence-electron chi connectivity index (χ2n) is 4.63. The van der Waals surface area contributed by atoms with E-state index in [0.717, 1.165) is 30.9 Å². The molecule has 0 saturated carbocycles. The van der Waals surface area contributed by atoms with Crippen molar-refractivity contribution in [1.29, 1.82) is 0 Å². The number of rotatable bonds is 4. The van der Waals surface area contributed by atoms with Crippen LogP contribution in [0.25, 0.3) is 0 Å². The van der Waals surface area contributed by atoms with Crippen LogP contribution in [0, 0.1) is 0 Å². The first-order valence-corrected chi connectivity index (χ1v) is 6.71. The van der Waals surface area contributed by atoms with Gasteiger partial charge in [-0.3, -0.25) is 4.98 Å². The molecule has 19 heavy (non-hydrogen) atoms. The minimum atomic E-state index is 0.361. The maximum Gasteiger partial charge on any atom is 0.152 e. The summed E-state index contributed by atoms with van der Waals surface area (Å²) in [5, 5.41) is 7.38. The molecule has 1 aliphatic heterocycles. The molecule has 3 rings (SSSR count). The quantitative estimate of drug-likeness (QED) is 0.840. The molecule has 5 heteroatoms. The van der Waals surface area contributed by atoms with E-state index in [0.29, 0.717) is 11.2 Å². The highest BCUT2D eigenvalue weighted by Crippen LogP contribution is 2.30. The van der Waals surface area contributed by atoms with Gasteiger partial charge in [0.15, 0.2) is 5.15 Å². The van der Waals surface area contributed by atoms with E-state index < -0.39 is 0 Å². The highest BCUT2D eigenvalue weighted by Gasteiger charge is 2.22. The van der Waals surface area contributed by atoms with Gasteiger partial charge >= 0.3 is 0 Å². The Hall–Kier alpha value is -1.65. The lowest BCUT2D eigenvalue weighted by Crippen LogP contribution is -2.31. The lowest BCUT2D eigenvalue weighted by Gasteiger charge is -2.12. The summed E-state index contributed by atoms with van der Waals surface area (Å²) in [7, 11) is 0. The molecule has 4 nitrogen and oxygen atoms in total. The number of halogens is 1. The summed E-state index contributed by atoms with van der Waals surface area (Å²) in [4.78, 5) is 8.37. The fourth-order valence-corrected chi connectivity index (χ4v) is 2.55. The van der Waals surface area contributed by atoms with Crippen molar-refractivity contribution < 1.29 is 0 Å². The topological polar surface area (TPSA) is 49.8 Å². The van der Waals surface area contributed by atoms with Gasteiger partial charge in [-0.25, -0.2) is 4.98 Å². The zero-order valence-electron chi connectivity index (χ0n) is 10.4. The summed E-state index contributed by atoms with van der Waals surface area (Å²) in [5.74, 6) is 0. The lowest BCUT2D eigenvalue weighted by molar-refractivity contribution is 0.608. The third-order valence-electron chi connectivity index (χ3n) is 3.23. The van der Waals surface area contributed by atoms with E-state index in [2.05, 4.69) is 20.6 Å². The minimum absolute atomic E-state index is 0.361. The Morgan fingerprint density at radius 3 is 3.00 bits per heavy atom. The molecule has 2 N–H and O–H groups in total. The number of aromatic nitrogens is 2. The Bertz CT molecular complexity index is 559. The first kappa shape index (κ1) is 12.4. The molecule has 0 fully saturated rings. The Balaban J connectivity index is 1.53. The van der Waals surface area contributed by atoms with Crippen LogP contribution in [0.3, 0.4) is 0 Å². The van der Waals surface area contributed by atoms with Gasteiger partial charge in [0.2, 0.25) is 0 Å². The molecular weight excluding hydrogens is 260 g/mol. The second kappa shape index (κ2) is 5.55. The first-order valence-electron chi connectivity index (χ1n) is 6.33. The van der Waals surface area contributed by atoms with Crippen molar-refractivity contribution in [1.82, 2.24) is 15.3 Å². The molecule has 3 heterocycles. The lowest BCUT2D eigenvalue weighted by atomic mass is 10.1. The molecule has 2 aromatic heterocycles. The van der Waals surface area contributed by atoms with Crippen LogP contribution < -0.4 is 10.6 Å². The van der Waals surface area contributed by atoms with Gasteiger partial charge in [0.1, 0.15) is 0 Å². The summed E-state index contributed by atoms with van der Waals surface area (Å²) in [6, 6.07) is 8.32. The number of anilines is 1. The number of hydrogen-bond acceptors (Lipinski definition) is 4. The van der Waals surface area contributed by atoms with Crippen LogP contribution in [0.1, 0.15) is 11.3 Å². The van der Waals surface area contributed by atoms with Crippen molar-refractivity contribution in [3.8, 4) is 0 Å². The zero-order chi connectivity index (χ0) is 13.1. The predicted molar refractivity (Wildman–Crippen MR) is 76.3 cm³/mol. The fraction of sp³-hybridized carbons (Fsp3) is 0.286.